The number of hydrogen-bond donors (Lipinski definition) is 0. The van der Waals surface area contributed by atoms with Crippen molar-refractivity contribution in [2.45, 2.75) is 19.0 Å². The van der Waals surface area contributed by atoms with Crippen molar-refractivity contribution < 1.29 is 9.18 Å². The molecule has 1 fully saturated rings. The highest BCUT2D eigenvalue weighted by molar-refractivity contribution is 5.86. The summed E-state index contributed by atoms with van der Waals surface area (Å²) in [5.74, 6) is 0.0381. The Labute approximate surface area is 150 Å². The molecule has 6 nitrogen and oxygen atoms in total. The standard InChI is InChI=1S/C19H20FN5O/c1-24-10-15(9-21-24)13-2-3-19-14(6-13)7-17(22-23-19)8-18(26)12-25-5-4-16(20)11-25/h2-3,6-7,9-10,16H,4-5,8,11-12H2,1H3/t16-/m1/s1. The zero-order valence-corrected chi connectivity index (χ0v) is 14.6. The maximum Gasteiger partial charge on any atom is 0.152 e. The number of aromatic nitrogens is 4. The minimum Gasteiger partial charge on any atom is -0.298 e. The fourth-order valence-corrected chi connectivity index (χ4v) is 3.36. The second-order valence-corrected chi connectivity index (χ2v) is 6.85. The molecular weight excluding hydrogens is 333 g/mol. The van der Waals surface area contributed by atoms with E-state index in [1.54, 1.807) is 4.68 Å². The Kier molecular flexibility index (Phi) is 4.46. The summed E-state index contributed by atoms with van der Waals surface area (Å²) in [4.78, 5) is 14.1. The first-order chi connectivity index (χ1) is 12.6. The van der Waals surface area contributed by atoms with E-state index in [4.69, 9.17) is 0 Å². The molecule has 0 N–H and O–H groups in total. The monoisotopic (exact) mass is 353 g/mol. The van der Waals surface area contributed by atoms with E-state index < -0.39 is 6.17 Å². The van der Waals surface area contributed by atoms with Gasteiger partial charge in [-0.15, -0.1) is 0 Å². The summed E-state index contributed by atoms with van der Waals surface area (Å²) in [5.41, 5.74) is 3.50. The average molecular weight is 353 g/mol. The molecule has 3 aromatic rings. The summed E-state index contributed by atoms with van der Waals surface area (Å²) in [6.07, 6.45) is 3.69. The lowest BCUT2D eigenvalue weighted by molar-refractivity contribution is -0.119. The zero-order chi connectivity index (χ0) is 18.1. The molecule has 2 aromatic heterocycles. The quantitative estimate of drug-likeness (QED) is 0.703. The van der Waals surface area contributed by atoms with Crippen LogP contribution >= 0.6 is 0 Å². The number of ketones is 1. The Morgan fingerprint density at radius 1 is 1.27 bits per heavy atom. The molecule has 3 heterocycles. The molecule has 1 aliphatic rings. The Morgan fingerprint density at radius 3 is 2.88 bits per heavy atom. The van der Waals surface area contributed by atoms with Crippen LogP contribution in [-0.4, -0.2) is 56.5 Å². The molecule has 1 aromatic carbocycles. The lowest BCUT2D eigenvalue weighted by Crippen LogP contribution is -2.29. The van der Waals surface area contributed by atoms with Crippen LogP contribution in [0, 0.1) is 0 Å². The lowest BCUT2D eigenvalue weighted by Gasteiger charge is -2.13. The second-order valence-electron chi connectivity index (χ2n) is 6.85. The van der Waals surface area contributed by atoms with Gasteiger partial charge in [-0.2, -0.15) is 15.3 Å². The van der Waals surface area contributed by atoms with Crippen LogP contribution in [0.25, 0.3) is 22.0 Å². The SMILES string of the molecule is Cn1cc(-c2ccc3nnc(CC(=O)CN4CC[C@@H](F)C4)cc3c2)cn1. The average Bonchev–Trinajstić information content (AvgIpc) is 3.22. The van der Waals surface area contributed by atoms with Crippen LogP contribution in [-0.2, 0) is 18.3 Å². The summed E-state index contributed by atoms with van der Waals surface area (Å²) < 4.78 is 15.0. The summed E-state index contributed by atoms with van der Waals surface area (Å²) in [5, 5.41) is 13.5. The van der Waals surface area contributed by atoms with E-state index in [9.17, 15) is 9.18 Å². The largest absolute Gasteiger partial charge is 0.298 e. The molecule has 0 bridgehead atoms. The van der Waals surface area contributed by atoms with Gasteiger partial charge in [-0.3, -0.25) is 14.4 Å². The number of carbonyl (C=O) groups excluding carboxylic acids is 1. The number of nitrogens with zero attached hydrogens (tertiary/aromatic N) is 5. The van der Waals surface area contributed by atoms with Crippen molar-refractivity contribution in [2.75, 3.05) is 19.6 Å². The second kappa shape index (κ2) is 6.92. The zero-order valence-electron chi connectivity index (χ0n) is 14.6. The van der Waals surface area contributed by atoms with Crippen LogP contribution in [0.15, 0.2) is 36.7 Å². The van der Waals surface area contributed by atoms with E-state index in [1.165, 1.54) is 0 Å². The first kappa shape index (κ1) is 16.8. The van der Waals surface area contributed by atoms with E-state index >= 15 is 0 Å². The number of halogens is 1. The summed E-state index contributed by atoms with van der Waals surface area (Å²) in [6, 6.07) is 7.84. The van der Waals surface area contributed by atoms with Crippen LogP contribution in [0.3, 0.4) is 0 Å². The molecule has 4 rings (SSSR count). The molecule has 0 spiro atoms. The summed E-state index contributed by atoms with van der Waals surface area (Å²) in [6.45, 7) is 1.27. The third-order valence-corrected chi connectivity index (χ3v) is 4.67. The van der Waals surface area contributed by atoms with Crippen LogP contribution in [0.1, 0.15) is 12.1 Å². The predicted molar refractivity (Wildman–Crippen MR) is 96.4 cm³/mol. The molecule has 26 heavy (non-hydrogen) atoms. The number of likely N-dealkylation sites (tertiary alicyclic amines) is 1. The highest BCUT2D eigenvalue weighted by Gasteiger charge is 2.23. The van der Waals surface area contributed by atoms with Crippen molar-refractivity contribution in [2.24, 2.45) is 7.05 Å². The van der Waals surface area contributed by atoms with Gasteiger partial charge in [0.2, 0.25) is 0 Å². The number of alkyl halides is 1. The smallest absolute Gasteiger partial charge is 0.152 e. The van der Waals surface area contributed by atoms with Crippen LogP contribution < -0.4 is 0 Å². The number of fused-ring (bicyclic) bond motifs is 1. The first-order valence-electron chi connectivity index (χ1n) is 8.70. The van der Waals surface area contributed by atoms with Crippen LogP contribution in [0.5, 0.6) is 0 Å². The summed E-state index contributed by atoms with van der Waals surface area (Å²) in [7, 11) is 1.88. The Morgan fingerprint density at radius 2 is 2.15 bits per heavy atom. The number of rotatable bonds is 5. The third-order valence-electron chi connectivity index (χ3n) is 4.67. The van der Waals surface area contributed by atoms with Crippen molar-refractivity contribution in [3.05, 3.63) is 42.4 Å². The van der Waals surface area contributed by atoms with Gasteiger partial charge in [-0.1, -0.05) is 6.07 Å². The van der Waals surface area contributed by atoms with E-state index in [0.29, 0.717) is 25.2 Å². The fraction of sp³-hybridized carbons (Fsp3) is 0.368. The van der Waals surface area contributed by atoms with E-state index in [0.717, 1.165) is 22.0 Å². The van der Waals surface area contributed by atoms with Crippen molar-refractivity contribution in [3.8, 4) is 11.1 Å². The molecule has 1 saturated heterocycles. The maximum atomic E-state index is 13.2. The number of hydrogen-bond acceptors (Lipinski definition) is 5. The molecular formula is C19H20FN5O. The van der Waals surface area contributed by atoms with Gasteiger partial charge in [-0.05, 0) is 30.2 Å². The normalized spacial score (nSPS) is 17.8. The van der Waals surface area contributed by atoms with Gasteiger partial charge in [0.15, 0.2) is 5.78 Å². The first-order valence-corrected chi connectivity index (χ1v) is 8.70. The topological polar surface area (TPSA) is 63.9 Å². The highest BCUT2D eigenvalue weighted by Crippen LogP contribution is 2.23. The number of carbonyl (C=O) groups is 1. The molecule has 0 unspecified atom stereocenters. The van der Waals surface area contributed by atoms with Crippen molar-refractivity contribution in [1.82, 2.24) is 24.9 Å². The molecule has 0 saturated carbocycles. The van der Waals surface area contributed by atoms with Crippen LogP contribution in [0.2, 0.25) is 0 Å². The molecule has 0 radical (unpaired) electrons. The minimum atomic E-state index is -0.811. The minimum absolute atomic E-state index is 0.0381. The molecule has 0 aliphatic carbocycles. The molecule has 0 amide bonds. The van der Waals surface area contributed by atoms with Gasteiger partial charge >= 0.3 is 0 Å². The van der Waals surface area contributed by atoms with Gasteiger partial charge in [0, 0.05) is 37.3 Å². The Balaban J connectivity index is 1.51. The summed E-state index contributed by atoms with van der Waals surface area (Å²) >= 11 is 0. The number of benzene rings is 1. The van der Waals surface area contributed by atoms with Gasteiger partial charge in [0.25, 0.3) is 0 Å². The van der Waals surface area contributed by atoms with Crippen LogP contribution in [0.4, 0.5) is 4.39 Å². The van der Waals surface area contributed by atoms with Crippen molar-refractivity contribution >= 4 is 16.7 Å². The van der Waals surface area contributed by atoms with E-state index in [2.05, 4.69) is 15.3 Å². The maximum absolute atomic E-state index is 13.2. The third kappa shape index (κ3) is 3.62. The van der Waals surface area contributed by atoms with Crippen molar-refractivity contribution in [3.63, 3.8) is 0 Å². The Hall–Kier alpha value is -2.67. The van der Waals surface area contributed by atoms with Gasteiger partial charge in [0.1, 0.15) is 6.17 Å². The Bertz CT molecular complexity index is 954. The van der Waals surface area contributed by atoms with Gasteiger partial charge in [-0.25, -0.2) is 4.39 Å². The molecule has 1 atom stereocenters. The number of aryl methyl sites for hydroxylation is 1. The highest BCUT2D eigenvalue weighted by atomic mass is 19.1. The molecule has 134 valence electrons. The van der Waals surface area contributed by atoms with E-state index in [-0.39, 0.29) is 18.7 Å². The fourth-order valence-electron chi connectivity index (χ4n) is 3.36. The molecule has 7 heteroatoms. The van der Waals surface area contributed by atoms with Gasteiger partial charge in [0.05, 0.1) is 30.4 Å². The predicted octanol–water partition coefficient (Wildman–Crippen LogP) is 2.19. The van der Waals surface area contributed by atoms with E-state index in [1.807, 2.05) is 48.6 Å². The lowest BCUT2D eigenvalue weighted by atomic mass is 10.1. The van der Waals surface area contributed by atoms with Crippen molar-refractivity contribution in [1.29, 1.82) is 0 Å². The molecule has 1 aliphatic heterocycles. The number of Topliss-reactive ketones (excluding diaryl/α,β-unsaturated/α-hetero) is 1. The van der Waals surface area contributed by atoms with Gasteiger partial charge < -0.3 is 0 Å².